The first kappa shape index (κ1) is 73.4. The average molecular weight is 1130 g/mol. The lowest BCUT2D eigenvalue weighted by molar-refractivity contribution is -0.301. The standard InChI is InChI=1S/C69H104O12/c1-4-7-10-13-16-19-22-25-28-30-31-33-36-39-42-45-48-51-54-57-63(72)80-67-65(74)64(73)66(68(75)76)81-69(67)78-59-60(79-62(71)56-53-50-47-44-41-38-34-27-24-21-18-15-12-9-6-3)58-77-61(70)55-52-49-46-43-40-37-35-32-29-26-23-20-17-14-11-8-5-2/h7-12,16-21,25-29,31,33-35,37,39,42,48,51,60,64-67,69,73-74H,4-6,13-15,22-24,30,32,36,38,40-41,43-47,49-50,52-59H2,1-3H3,(H,75,76)/b10-7-,11-8-,12-9-,19-16-,20-17-,21-18-,28-25-,29-26-,33-31-,34-27-,37-35-,42-39-,51-48-. The lowest BCUT2D eigenvalue weighted by atomic mass is 9.98. The number of carboxylic acids is 1. The normalized spacial score (nSPS) is 18.9. The van der Waals surface area contributed by atoms with Gasteiger partial charge in [-0.2, -0.15) is 0 Å². The van der Waals surface area contributed by atoms with Crippen molar-refractivity contribution in [2.45, 2.75) is 237 Å². The van der Waals surface area contributed by atoms with Crippen LogP contribution in [0.2, 0.25) is 0 Å². The number of hydrogen-bond acceptors (Lipinski definition) is 11. The Labute approximate surface area is 488 Å². The Bertz CT molecular complexity index is 2010. The summed E-state index contributed by atoms with van der Waals surface area (Å²) in [6.45, 7) is 5.57. The summed E-state index contributed by atoms with van der Waals surface area (Å²) in [6, 6.07) is 0. The van der Waals surface area contributed by atoms with Crippen molar-refractivity contribution in [2.24, 2.45) is 0 Å². The summed E-state index contributed by atoms with van der Waals surface area (Å²) in [6.07, 6.45) is 67.9. The van der Waals surface area contributed by atoms with Gasteiger partial charge in [0.1, 0.15) is 18.8 Å². The van der Waals surface area contributed by atoms with Gasteiger partial charge in [0.25, 0.3) is 0 Å². The zero-order valence-electron chi connectivity index (χ0n) is 49.7. The zero-order chi connectivity index (χ0) is 58.9. The minimum Gasteiger partial charge on any atom is -0.479 e. The first-order valence-corrected chi connectivity index (χ1v) is 30.5. The van der Waals surface area contributed by atoms with Crippen LogP contribution < -0.4 is 0 Å². The van der Waals surface area contributed by atoms with Crippen molar-refractivity contribution < 1.29 is 58.2 Å². The molecule has 12 heteroatoms. The van der Waals surface area contributed by atoms with E-state index in [2.05, 4.69) is 161 Å². The molecule has 1 heterocycles. The van der Waals surface area contributed by atoms with Gasteiger partial charge >= 0.3 is 23.9 Å². The van der Waals surface area contributed by atoms with E-state index >= 15 is 0 Å². The molecule has 0 aromatic rings. The molecule has 0 aliphatic carbocycles. The minimum atomic E-state index is -1.94. The second-order valence-electron chi connectivity index (χ2n) is 19.8. The second kappa shape index (κ2) is 54.9. The van der Waals surface area contributed by atoms with Gasteiger partial charge in [0.2, 0.25) is 0 Å². The number of aliphatic carboxylic acids is 1. The first-order chi connectivity index (χ1) is 39.6. The lowest BCUT2D eigenvalue weighted by Crippen LogP contribution is -2.61. The zero-order valence-corrected chi connectivity index (χ0v) is 49.7. The highest BCUT2D eigenvalue weighted by Crippen LogP contribution is 2.26. The van der Waals surface area contributed by atoms with Crippen molar-refractivity contribution in [1.29, 1.82) is 0 Å². The van der Waals surface area contributed by atoms with Crippen LogP contribution in [-0.4, -0.2) is 89.2 Å². The molecule has 0 aromatic carbocycles. The number of esters is 3. The summed E-state index contributed by atoms with van der Waals surface area (Å²) < 4.78 is 28.3. The molecule has 0 bridgehead atoms. The summed E-state index contributed by atoms with van der Waals surface area (Å²) in [7, 11) is 0. The molecule has 81 heavy (non-hydrogen) atoms. The molecule has 0 amide bonds. The number of ether oxygens (including phenoxy) is 5. The van der Waals surface area contributed by atoms with Crippen molar-refractivity contribution in [3.05, 3.63) is 158 Å². The van der Waals surface area contributed by atoms with Crippen molar-refractivity contribution in [2.75, 3.05) is 13.2 Å². The molecule has 0 aromatic heterocycles. The monoisotopic (exact) mass is 1120 g/mol. The van der Waals surface area contributed by atoms with Gasteiger partial charge in [-0.25, -0.2) is 4.79 Å². The van der Waals surface area contributed by atoms with E-state index in [1.165, 1.54) is 0 Å². The maximum atomic E-state index is 13.2. The summed E-state index contributed by atoms with van der Waals surface area (Å²) in [5.74, 6) is -3.31. The second-order valence-corrected chi connectivity index (χ2v) is 19.8. The fraction of sp³-hybridized carbons (Fsp3) is 0.565. The van der Waals surface area contributed by atoms with Crippen LogP contribution in [0.15, 0.2) is 158 Å². The molecule has 1 aliphatic rings. The van der Waals surface area contributed by atoms with Gasteiger partial charge < -0.3 is 39.0 Å². The molecule has 0 radical (unpaired) electrons. The average Bonchev–Trinajstić information content (AvgIpc) is 3.54. The van der Waals surface area contributed by atoms with Crippen LogP contribution in [0.4, 0.5) is 0 Å². The van der Waals surface area contributed by atoms with E-state index in [1.807, 2.05) is 18.2 Å². The van der Waals surface area contributed by atoms with Gasteiger partial charge in [-0.3, -0.25) is 14.4 Å². The third-order valence-corrected chi connectivity index (χ3v) is 12.6. The topological polar surface area (TPSA) is 175 Å². The highest BCUT2D eigenvalue weighted by atomic mass is 16.7. The number of carbonyl (C=O) groups excluding carboxylic acids is 3. The van der Waals surface area contributed by atoms with Crippen molar-refractivity contribution in [3.63, 3.8) is 0 Å². The Morgan fingerprint density at radius 3 is 1.17 bits per heavy atom. The number of allylic oxidation sites excluding steroid dienone is 26. The van der Waals surface area contributed by atoms with Crippen molar-refractivity contribution in [3.8, 4) is 0 Å². The van der Waals surface area contributed by atoms with E-state index in [1.54, 1.807) is 0 Å². The number of aliphatic hydroxyl groups is 2. The van der Waals surface area contributed by atoms with Gasteiger partial charge in [0, 0.05) is 19.3 Å². The fourth-order valence-electron chi connectivity index (χ4n) is 8.04. The van der Waals surface area contributed by atoms with Crippen LogP contribution in [-0.2, 0) is 42.9 Å². The molecule has 12 nitrogen and oxygen atoms in total. The Morgan fingerprint density at radius 2 is 0.765 bits per heavy atom. The SMILES string of the molecule is CC/C=C\C/C=C\C/C=C\C/C=C\C/C=C\C/C=C\CCC(=O)OC1C(OCC(COC(=O)CCCCCC/C=C\C/C=C\C/C=C\C/C=C\CC)OC(=O)CCCCCCC/C=C\C/C=C\C/C=C\CC)OC(C(=O)O)C(O)C1O. The van der Waals surface area contributed by atoms with Gasteiger partial charge in [-0.1, -0.05) is 211 Å². The Morgan fingerprint density at radius 1 is 0.407 bits per heavy atom. The van der Waals surface area contributed by atoms with Crippen LogP contribution in [0.1, 0.15) is 201 Å². The molecule has 1 fully saturated rings. The predicted octanol–water partition coefficient (Wildman–Crippen LogP) is 16.1. The number of carbonyl (C=O) groups is 4. The Hall–Kier alpha value is -5.66. The van der Waals surface area contributed by atoms with Crippen LogP contribution in [0, 0.1) is 0 Å². The minimum absolute atomic E-state index is 0.0788. The molecule has 6 atom stereocenters. The van der Waals surface area contributed by atoms with Crippen LogP contribution in [0.25, 0.3) is 0 Å². The van der Waals surface area contributed by atoms with Gasteiger partial charge in [0.15, 0.2) is 24.6 Å². The fourth-order valence-corrected chi connectivity index (χ4v) is 8.04. The van der Waals surface area contributed by atoms with Crippen molar-refractivity contribution >= 4 is 23.9 Å². The maximum Gasteiger partial charge on any atom is 0.335 e. The Balaban J connectivity index is 2.77. The summed E-state index contributed by atoms with van der Waals surface area (Å²) in [5.41, 5.74) is 0. The summed E-state index contributed by atoms with van der Waals surface area (Å²) in [4.78, 5) is 51.2. The molecule has 0 saturated carbocycles. The van der Waals surface area contributed by atoms with E-state index < -0.39 is 67.3 Å². The molecule has 452 valence electrons. The van der Waals surface area contributed by atoms with Crippen LogP contribution in [0.3, 0.4) is 0 Å². The maximum absolute atomic E-state index is 13.2. The molecule has 1 rings (SSSR count). The number of hydrogen-bond donors (Lipinski definition) is 3. The van der Waals surface area contributed by atoms with Crippen LogP contribution >= 0.6 is 0 Å². The van der Waals surface area contributed by atoms with Crippen LogP contribution in [0.5, 0.6) is 0 Å². The van der Waals surface area contributed by atoms with E-state index in [-0.39, 0.29) is 25.9 Å². The molecule has 0 spiro atoms. The smallest absolute Gasteiger partial charge is 0.335 e. The number of carboxylic acid groups (broad SMARTS) is 1. The number of rotatable bonds is 49. The summed E-state index contributed by atoms with van der Waals surface area (Å²) in [5, 5.41) is 31.5. The largest absolute Gasteiger partial charge is 0.479 e. The highest BCUT2D eigenvalue weighted by molar-refractivity contribution is 5.74. The molecule has 1 saturated heterocycles. The molecule has 1 aliphatic heterocycles. The summed E-state index contributed by atoms with van der Waals surface area (Å²) >= 11 is 0. The molecular formula is C69H104O12. The lowest BCUT2D eigenvalue weighted by Gasteiger charge is -2.40. The molecule has 3 N–H and O–H groups in total. The molecular weight excluding hydrogens is 1020 g/mol. The van der Waals surface area contributed by atoms with E-state index in [0.29, 0.717) is 25.7 Å². The van der Waals surface area contributed by atoms with E-state index in [9.17, 15) is 34.5 Å². The third kappa shape index (κ3) is 44.7. The third-order valence-electron chi connectivity index (χ3n) is 12.6. The van der Waals surface area contributed by atoms with E-state index in [4.69, 9.17) is 23.7 Å². The molecule has 6 unspecified atom stereocenters. The predicted molar refractivity (Wildman–Crippen MR) is 330 cm³/mol. The highest BCUT2D eigenvalue weighted by Gasteiger charge is 2.50. The van der Waals surface area contributed by atoms with Gasteiger partial charge in [-0.15, -0.1) is 0 Å². The Kier molecular flexibility index (Phi) is 49.7. The first-order valence-electron chi connectivity index (χ1n) is 30.5. The van der Waals surface area contributed by atoms with Gasteiger partial charge in [0.05, 0.1) is 6.61 Å². The van der Waals surface area contributed by atoms with E-state index in [0.717, 1.165) is 135 Å². The van der Waals surface area contributed by atoms with Gasteiger partial charge in [-0.05, 0) is 128 Å². The number of aliphatic hydroxyl groups excluding tert-OH is 2. The quantitative estimate of drug-likeness (QED) is 0.0228. The number of unbranched alkanes of at least 4 members (excludes halogenated alkanes) is 9. The van der Waals surface area contributed by atoms with Crippen molar-refractivity contribution in [1.82, 2.24) is 0 Å².